The van der Waals surface area contributed by atoms with Crippen LogP contribution in [-0.4, -0.2) is 84.1 Å². The van der Waals surface area contributed by atoms with Crippen LogP contribution in [0.1, 0.15) is 83.8 Å². The maximum Gasteiger partial charge on any atom is 0.425 e. The molecule has 2 aromatic heterocycles. The average molecular weight is 827 g/mol. The number of benzene rings is 1. The van der Waals surface area contributed by atoms with Crippen LogP contribution in [0.15, 0.2) is 54.2 Å². The van der Waals surface area contributed by atoms with Gasteiger partial charge in [0.25, 0.3) is 11.8 Å². The number of rotatable bonds is 12. The molecule has 2 atom stereocenters. The minimum atomic E-state index is -4.91. The fraction of sp³-hybridized carbons (Fsp3) is 0.500. The Morgan fingerprint density at radius 2 is 1.73 bits per heavy atom. The smallest absolute Gasteiger partial charge is 0.425 e. The van der Waals surface area contributed by atoms with E-state index in [4.69, 9.17) is 4.74 Å². The van der Waals surface area contributed by atoms with Crippen LogP contribution < -0.4 is 4.74 Å². The van der Waals surface area contributed by atoms with Gasteiger partial charge in [0, 0.05) is 62.6 Å². The highest BCUT2D eigenvalue weighted by molar-refractivity contribution is 7.91. The number of alkyl halides is 6. The molecule has 0 aliphatic carbocycles. The Balaban J connectivity index is 1.50. The molecule has 0 unspecified atom stereocenters. The van der Waals surface area contributed by atoms with Gasteiger partial charge in [-0.25, -0.2) is 8.42 Å². The van der Waals surface area contributed by atoms with E-state index in [-0.39, 0.29) is 70.3 Å². The van der Waals surface area contributed by atoms with Crippen LogP contribution in [0.25, 0.3) is 0 Å². The third-order valence-electron chi connectivity index (χ3n) is 10.3. The van der Waals surface area contributed by atoms with Crippen LogP contribution >= 0.6 is 11.3 Å². The number of likely N-dealkylation sites (tertiary alicyclic amines) is 2. The zero-order valence-corrected chi connectivity index (χ0v) is 32.2. The van der Waals surface area contributed by atoms with Crippen molar-refractivity contribution in [1.29, 1.82) is 5.26 Å². The molecule has 3 aromatic rings. The number of ketones is 1. The van der Waals surface area contributed by atoms with Gasteiger partial charge in [0.1, 0.15) is 22.2 Å². The Morgan fingerprint density at radius 1 is 1.04 bits per heavy atom. The van der Waals surface area contributed by atoms with Crippen molar-refractivity contribution in [2.45, 2.75) is 87.7 Å². The number of pyridine rings is 1. The second-order valence-electron chi connectivity index (χ2n) is 14.2. The Morgan fingerprint density at radius 3 is 2.34 bits per heavy atom. The zero-order chi connectivity index (χ0) is 41.1. The summed E-state index contributed by atoms with van der Waals surface area (Å²) in [5, 5.41) is 11.7. The Bertz CT molecular complexity index is 2090. The van der Waals surface area contributed by atoms with Gasteiger partial charge < -0.3 is 14.5 Å². The summed E-state index contributed by atoms with van der Waals surface area (Å²) in [4.78, 5) is 46.8. The van der Waals surface area contributed by atoms with Crippen molar-refractivity contribution in [3.63, 3.8) is 0 Å². The van der Waals surface area contributed by atoms with Crippen LogP contribution in [0.5, 0.6) is 5.75 Å². The highest BCUT2D eigenvalue weighted by Gasteiger charge is 2.56. The van der Waals surface area contributed by atoms with Crippen molar-refractivity contribution in [2.75, 3.05) is 31.6 Å². The van der Waals surface area contributed by atoms with Crippen LogP contribution in [0.2, 0.25) is 0 Å². The van der Waals surface area contributed by atoms with E-state index in [1.54, 1.807) is 31.2 Å². The van der Waals surface area contributed by atoms with E-state index in [1.807, 2.05) is 0 Å². The molecule has 10 nitrogen and oxygen atoms in total. The predicted octanol–water partition coefficient (Wildman–Crippen LogP) is 7.03. The topological polar surface area (TPSA) is 138 Å². The Hall–Kier alpha value is -4.50. The Labute approximate surface area is 324 Å². The van der Waals surface area contributed by atoms with E-state index in [0.29, 0.717) is 35.0 Å². The third kappa shape index (κ3) is 9.20. The lowest BCUT2D eigenvalue weighted by atomic mass is 9.71. The summed E-state index contributed by atoms with van der Waals surface area (Å²) in [6, 6.07) is 9.54. The fourth-order valence-electron chi connectivity index (χ4n) is 7.75. The third-order valence-corrected chi connectivity index (χ3v) is 12.1. The molecule has 1 aromatic carbocycles. The number of nitriles is 1. The highest BCUT2D eigenvalue weighted by Crippen LogP contribution is 2.44. The number of amides is 2. The molecule has 0 radical (unpaired) electrons. The normalized spacial score (nSPS) is 20.3. The number of carbonyl (C=O) groups excluding carboxylic acids is 3. The van der Waals surface area contributed by atoms with E-state index in [1.165, 1.54) is 4.90 Å². The molecule has 4 heterocycles. The molecule has 18 heteroatoms. The Kier molecular flexibility index (Phi) is 12.6. The van der Waals surface area contributed by atoms with Gasteiger partial charge in [0.2, 0.25) is 5.60 Å². The molecule has 0 N–H and O–H groups in total. The number of piperidine rings is 2. The minimum Gasteiger partial charge on any atom is -0.474 e. The summed E-state index contributed by atoms with van der Waals surface area (Å²) in [6.45, 7) is 1.62. The number of sulfone groups is 1. The van der Waals surface area contributed by atoms with Crippen molar-refractivity contribution in [3.05, 3.63) is 81.3 Å². The number of hydrogen-bond acceptors (Lipinski definition) is 9. The van der Waals surface area contributed by atoms with Gasteiger partial charge in [-0.15, -0.1) is 11.3 Å². The second-order valence-corrected chi connectivity index (χ2v) is 17.3. The summed E-state index contributed by atoms with van der Waals surface area (Å²) < 4.78 is 113. The van der Waals surface area contributed by atoms with Gasteiger partial charge in [-0.3, -0.25) is 19.4 Å². The molecule has 302 valence electrons. The lowest BCUT2D eigenvalue weighted by Gasteiger charge is -2.51. The molecule has 2 aliphatic rings. The number of carbonyl (C=O) groups is 3. The number of nitrogens with zero attached hydrogens (tertiary/aromatic N) is 4. The lowest BCUT2D eigenvalue weighted by Crippen LogP contribution is -2.68. The van der Waals surface area contributed by atoms with Crippen molar-refractivity contribution in [3.8, 4) is 11.8 Å². The first-order valence-corrected chi connectivity index (χ1v) is 20.8. The molecule has 5 rings (SSSR count). The van der Waals surface area contributed by atoms with Gasteiger partial charge in [0.15, 0.2) is 9.84 Å². The summed E-state index contributed by atoms with van der Waals surface area (Å²) >= 11 is 0.348. The summed E-state index contributed by atoms with van der Waals surface area (Å²) in [5.41, 5.74) is -3.85. The molecule has 0 spiro atoms. The lowest BCUT2D eigenvalue weighted by molar-refractivity contribution is -0.160. The highest BCUT2D eigenvalue weighted by atomic mass is 32.2. The molecule has 56 heavy (non-hydrogen) atoms. The number of aryl methyl sites for hydroxylation is 1. The molecular formula is C38H40F6N4O6S2. The number of hydrogen-bond donors (Lipinski definition) is 0. The summed E-state index contributed by atoms with van der Waals surface area (Å²) in [7, 11) is -3.54. The van der Waals surface area contributed by atoms with E-state index in [0.717, 1.165) is 35.0 Å². The van der Waals surface area contributed by atoms with Crippen LogP contribution in [-0.2, 0) is 43.6 Å². The van der Waals surface area contributed by atoms with Gasteiger partial charge in [-0.1, -0.05) is 37.6 Å². The maximum absolute atomic E-state index is 15.0. The molecule has 0 bridgehead atoms. The van der Waals surface area contributed by atoms with Crippen molar-refractivity contribution < 1.29 is 53.9 Å². The van der Waals surface area contributed by atoms with Gasteiger partial charge >= 0.3 is 12.4 Å². The largest absolute Gasteiger partial charge is 0.474 e. The fourth-order valence-corrected chi connectivity index (χ4v) is 9.15. The minimum absolute atomic E-state index is 0.0239. The molecule has 2 fully saturated rings. The van der Waals surface area contributed by atoms with E-state index in [2.05, 4.69) is 11.1 Å². The van der Waals surface area contributed by atoms with Gasteiger partial charge in [0.05, 0.1) is 28.7 Å². The molecule has 0 saturated carbocycles. The number of ether oxygens (including phenoxy) is 1. The first-order valence-electron chi connectivity index (χ1n) is 17.9. The molecule has 2 aliphatic heterocycles. The number of thiophene rings is 1. The van der Waals surface area contributed by atoms with Gasteiger partial charge in [-0.2, -0.15) is 31.6 Å². The van der Waals surface area contributed by atoms with Crippen LogP contribution in [0, 0.1) is 11.3 Å². The number of aromatic nitrogens is 1. The van der Waals surface area contributed by atoms with Crippen molar-refractivity contribution >= 4 is 38.8 Å². The van der Waals surface area contributed by atoms with Crippen LogP contribution in [0.4, 0.5) is 26.3 Å². The molecule has 2 saturated heterocycles. The monoisotopic (exact) mass is 826 g/mol. The average Bonchev–Trinajstić information content (AvgIpc) is 3.62. The number of halogens is 6. The SMILES string of the molecule is CCC[C@H]1N(C(=O)c2cnccc2C(F)(F)F)CCC[C@@]1(Oc1csc(C(F)(F)F)c1)C(=O)N1CCC(C#N)(c2ccccc2CCC(=O)CS(C)(=O)=O)CC1. The second kappa shape index (κ2) is 16.5. The first kappa shape index (κ1) is 42.6. The maximum atomic E-state index is 15.0. The predicted molar refractivity (Wildman–Crippen MR) is 193 cm³/mol. The van der Waals surface area contributed by atoms with Gasteiger partial charge in [-0.05, 0) is 49.3 Å². The summed E-state index contributed by atoms with van der Waals surface area (Å²) in [5.74, 6) is -3.12. The zero-order valence-electron chi connectivity index (χ0n) is 30.6. The number of Topliss-reactive ketones (excluding diaryl/α,β-unsaturated/α-hetero) is 1. The standard InChI is InChI=1S/C38H40F6N4O6S2/c1-3-7-31-36(54-27-20-32(55-22-27)38(42,43)44,13-6-17-48(31)33(50)28-21-46-16-12-30(28)37(39,40)41)34(51)47-18-14-35(24-45,15-19-47)29-9-5-4-8-25(29)10-11-26(49)23-56(2,52)53/h4-5,8-9,12,16,20-22,31H,3,6-7,10-11,13-15,17-19,23H2,1-2H3/t31-,36+/m1/s1. The molecular weight excluding hydrogens is 787 g/mol. The molecule has 2 amide bonds. The van der Waals surface area contributed by atoms with Crippen LogP contribution in [0.3, 0.4) is 0 Å². The van der Waals surface area contributed by atoms with E-state index < -0.39 is 78.6 Å². The first-order chi connectivity index (χ1) is 26.2. The van der Waals surface area contributed by atoms with E-state index in [9.17, 15) is 54.4 Å². The van der Waals surface area contributed by atoms with Crippen molar-refractivity contribution in [2.24, 2.45) is 0 Å². The van der Waals surface area contributed by atoms with E-state index >= 15 is 0 Å². The summed E-state index contributed by atoms with van der Waals surface area (Å²) in [6.07, 6.45) is -6.30. The quantitative estimate of drug-likeness (QED) is 0.178. The van der Waals surface area contributed by atoms with Crippen molar-refractivity contribution in [1.82, 2.24) is 14.8 Å².